The van der Waals surface area contributed by atoms with Gasteiger partial charge in [0.25, 0.3) is 20.0 Å². The van der Waals surface area contributed by atoms with Gasteiger partial charge < -0.3 is 9.47 Å². The maximum absolute atomic E-state index is 13.6. The van der Waals surface area contributed by atoms with Crippen LogP contribution < -0.4 is 15.0 Å². The molecule has 11 nitrogen and oxygen atoms in total. The molecule has 2 heterocycles. The van der Waals surface area contributed by atoms with Gasteiger partial charge in [0.15, 0.2) is 5.49 Å². The van der Waals surface area contributed by atoms with E-state index in [1.165, 1.54) is 56.8 Å². The molecule has 0 bridgehead atoms. The number of fused-ring (bicyclic) bond motifs is 1. The van der Waals surface area contributed by atoms with Crippen LogP contribution in [0, 0.1) is 0 Å². The Morgan fingerprint density at radius 3 is 2.05 bits per heavy atom. The lowest BCUT2D eigenvalue weighted by molar-refractivity contribution is 0.414. The number of hydrogen-bond donors (Lipinski definition) is 0. The van der Waals surface area contributed by atoms with Crippen LogP contribution in [-0.2, 0) is 20.0 Å². The van der Waals surface area contributed by atoms with Crippen LogP contribution in [0.4, 0.5) is 0 Å². The van der Waals surface area contributed by atoms with Crippen molar-refractivity contribution in [1.82, 2.24) is 14.1 Å². The van der Waals surface area contributed by atoms with Gasteiger partial charge in [-0.3, -0.25) is 0 Å². The van der Waals surface area contributed by atoms with Gasteiger partial charge in [-0.1, -0.05) is 24.3 Å². The van der Waals surface area contributed by atoms with Crippen molar-refractivity contribution < 1.29 is 26.3 Å². The SMILES string of the molecule is COc1ccc(S(=O)(=O)/N=c2\c3ccccc3cnn2C2=NCCN2S(=O)(=O)c2ccc(OC)cc2)cc1. The smallest absolute Gasteiger partial charge is 0.284 e. The first-order chi connectivity index (χ1) is 18.2. The maximum Gasteiger partial charge on any atom is 0.284 e. The van der Waals surface area contributed by atoms with Crippen LogP contribution in [0.1, 0.15) is 0 Å². The van der Waals surface area contributed by atoms with Crippen molar-refractivity contribution in [2.24, 2.45) is 9.39 Å². The Kier molecular flexibility index (Phi) is 6.63. The Balaban J connectivity index is 1.68. The second-order valence-corrected chi connectivity index (χ2v) is 11.6. The molecule has 0 atom stereocenters. The fourth-order valence-corrected chi connectivity index (χ4v) is 6.34. The molecule has 0 N–H and O–H groups in total. The van der Waals surface area contributed by atoms with Crippen molar-refractivity contribution in [1.29, 1.82) is 0 Å². The zero-order valence-electron chi connectivity index (χ0n) is 20.4. The zero-order chi connectivity index (χ0) is 26.9. The van der Waals surface area contributed by atoms with Gasteiger partial charge in [0.2, 0.25) is 5.96 Å². The average Bonchev–Trinajstić information content (AvgIpc) is 3.44. The topological polar surface area (TPSA) is 133 Å². The molecule has 0 fully saturated rings. The molecule has 1 aliphatic rings. The third-order valence-corrected chi connectivity index (χ3v) is 8.97. The Morgan fingerprint density at radius 2 is 1.42 bits per heavy atom. The van der Waals surface area contributed by atoms with Crippen LogP contribution in [0.5, 0.6) is 11.5 Å². The van der Waals surface area contributed by atoms with E-state index in [1.807, 2.05) is 0 Å². The molecule has 0 saturated heterocycles. The molecule has 4 aromatic rings. The van der Waals surface area contributed by atoms with Crippen LogP contribution in [0.15, 0.2) is 98.2 Å². The molecule has 0 saturated carbocycles. The fourth-order valence-electron chi connectivity index (χ4n) is 3.95. The molecule has 38 heavy (non-hydrogen) atoms. The summed E-state index contributed by atoms with van der Waals surface area (Å²) in [6.45, 7) is 0.215. The van der Waals surface area contributed by atoms with E-state index in [1.54, 1.807) is 36.4 Å². The highest BCUT2D eigenvalue weighted by molar-refractivity contribution is 7.90. The van der Waals surface area contributed by atoms with Crippen molar-refractivity contribution in [3.8, 4) is 11.5 Å². The van der Waals surface area contributed by atoms with Gasteiger partial charge in [0.05, 0.1) is 43.3 Å². The summed E-state index contributed by atoms with van der Waals surface area (Å²) in [5.41, 5.74) is -0.0745. The summed E-state index contributed by atoms with van der Waals surface area (Å²) in [4.78, 5) is 4.34. The molecular formula is C25H23N5O6S2. The first-order valence-corrected chi connectivity index (χ1v) is 14.3. The minimum Gasteiger partial charge on any atom is -0.497 e. The van der Waals surface area contributed by atoms with Gasteiger partial charge in [0.1, 0.15) is 11.5 Å². The highest BCUT2D eigenvalue weighted by atomic mass is 32.2. The van der Waals surface area contributed by atoms with E-state index in [2.05, 4.69) is 14.5 Å². The van der Waals surface area contributed by atoms with Crippen molar-refractivity contribution in [3.63, 3.8) is 0 Å². The molecule has 5 rings (SSSR count). The molecule has 13 heteroatoms. The number of benzene rings is 3. The first kappa shape index (κ1) is 25.4. The van der Waals surface area contributed by atoms with E-state index >= 15 is 0 Å². The zero-order valence-corrected chi connectivity index (χ0v) is 22.1. The van der Waals surface area contributed by atoms with Gasteiger partial charge in [-0.15, -0.1) is 4.40 Å². The molecule has 1 aliphatic heterocycles. The normalized spacial score (nSPS) is 14.5. The number of ether oxygens (including phenoxy) is 2. The van der Waals surface area contributed by atoms with Crippen LogP contribution in [0.25, 0.3) is 10.8 Å². The number of aromatic nitrogens is 2. The summed E-state index contributed by atoms with van der Waals surface area (Å²) in [6, 6.07) is 18.7. The first-order valence-electron chi connectivity index (χ1n) is 11.4. The molecule has 0 aliphatic carbocycles. The molecule has 1 aromatic heterocycles. The Bertz CT molecular complexity index is 1820. The van der Waals surface area contributed by atoms with E-state index < -0.39 is 20.0 Å². The number of hydrogen-bond acceptors (Lipinski definition) is 8. The number of sulfonamides is 2. The van der Waals surface area contributed by atoms with E-state index in [4.69, 9.17) is 9.47 Å². The number of aliphatic imine (C=N–C) groups is 1. The molecular weight excluding hydrogens is 530 g/mol. The highest BCUT2D eigenvalue weighted by Gasteiger charge is 2.33. The van der Waals surface area contributed by atoms with Crippen LogP contribution in [-0.4, -0.2) is 64.2 Å². The summed E-state index contributed by atoms with van der Waals surface area (Å²) in [7, 11) is -5.31. The third kappa shape index (κ3) is 4.61. The molecule has 0 amide bonds. The van der Waals surface area contributed by atoms with Crippen LogP contribution in [0.2, 0.25) is 0 Å². The maximum atomic E-state index is 13.6. The standard InChI is InChI=1S/C25H23N5O6S2/c1-35-19-7-11-21(12-8-19)37(31,32)28-24-23-6-4-3-5-18(23)17-27-30(24)25-26-15-16-29(25)38(33,34)22-13-9-20(36-2)10-14-22/h3-14,17H,15-16H2,1-2H3/b28-24+. The summed E-state index contributed by atoms with van der Waals surface area (Å²) < 4.78 is 70.4. The van der Waals surface area contributed by atoms with Crippen molar-refractivity contribution in [3.05, 3.63) is 84.5 Å². The monoisotopic (exact) mass is 553 g/mol. The number of methoxy groups -OCH3 is 2. The summed E-state index contributed by atoms with van der Waals surface area (Å²) >= 11 is 0. The summed E-state index contributed by atoms with van der Waals surface area (Å²) in [6.07, 6.45) is 1.51. The molecule has 196 valence electrons. The van der Waals surface area contributed by atoms with Gasteiger partial charge in [-0.2, -0.15) is 18.2 Å². The number of rotatable bonds is 6. The summed E-state index contributed by atoms with van der Waals surface area (Å²) in [5.74, 6) is 0.940. The Morgan fingerprint density at radius 1 is 0.816 bits per heavy atom. The largest absolute Gasteiger partial charge is 0.497 e. The summed E-state index contributed by atoms with van der Waals surface area (Å²) in [5, 5.41) is 5.44. The highest BCUT2D eigenvalue weighted by Crippen LogP contribution is 2.22. The van der Waals surface area contributed by atoms with Gasteiger partial charge >= 0.3 is 0 Å². The third-order valence-electron chi connectivity index (χ3n) is 5.89. The molecule has 3 aromatic carbocycles. The van der Waals surface area contributed by atoms with E-state index in [9.17, 15) is 16.8 Å². The second-order valence-electron chi connectivity index (χ2n) is 8.14. The van der Waals surface area contributed by atoms with Crippen molar-refractivity contribution in [2.75, 3.05) is 27.3 Å². The van der Waals surface area contributed by atoms with E-state index in [0.717, 1.165) is 8.99 Å². The molecule has 0 spiro atoms. The lowest BCUT2D eigenvalue weighted by Gasteiger charge is -2.21. The van der Waals surface area contributed by atoms with Gasteiger partial charge in [0, 0.05) is 10.8 Å². The predicted molar refractivity (Wildman–Crippen MR) is 140 cm³/mol. The van der Waals surface area contributed by atoms with Gasteiger partial charge in [-0.25, -0.2) is 17.7 Å². The van der Waals surface area contributed by atoms with Crippen LogP contribution in [0.3, 0.4) is 0 Å². The van der Waals surface area contributed by atoms with Crippen LogP contribution >= 0.6 is 0 Å². The van der Waals surface area contributed by atoms with Gasteiger partial charge in [-0.05, 0) is 48.5 Å². The minimum absolute atomic E-state index is 0.0265. The van der Waals surface area contributed by atoms with Crippen molar-refractivity contribution in [2.45, 2.75) is 9.79 Å². The minimum atomic E-state index is -4.22. The van der Waals surface area contributed by atoms with E-state index in [0.29, 0.717) is 22.3 Å². The Labute approximate surface area is 219 Å². The average molecular weight is 554 g/mol. The van der Waals surface area contributed by atoms with Crippen molar-refractivity contribution >= 4 is 36.8 Å². The van der Waals surface area contributed by atoms with E-state index in [-0.39, 0.29) is 34.3 Å². The Hall–Kier alpha value is -4.23. The second kappa shape index (κ2) is 9.91. The lowest BCUT2D eigenvalue weighted by Crippen LogP contribution is -2.43. The predicted octanol–water partition coefficient (Wildman–Crippen LogP) is 2.25. The number of nitrogens with zero attached hydrogens (tertiary/aromatic N) is 5. The quantitative estimate of drug-likeness (QED) is 0.358. The molecule has 0 unspecified atom stereocenters. The fraction of sp³-hybridized carbons (Fsp3) is 0.160. The lowest BCUT2D eigenvalue weighted by atomic mass is 10.2. The molecule has 0 radical (unpaired) electrons.